The standard InChI is InChI=1S/C10H8N2O5/c1-17-6-4-2-3-5-7(6)8(13)12(10(15)16)9(14)11-5/h2-4H,1H3,(H,11,14)(H,15,16). The fourth-order valence-corrected chi connectivity index (χ4v) is 1.57. The predicted octanol–water partition coefficient (Wildman–Crippen LogP) is 0.224. The van der Waals surface area contributed by atoms with Crippen molar-refractivity contribution in [2.24, 2.45) is 0 Å². The zero-order valence-electron chi connectivity index (χ0n) is 8.76. The first-order valence-corrected chi connectivity index (χ1v) is 4.61. The number of carbonyl (C=O) groups is 1. The average molecular weight is 236 g/mol. The molecule has 7 heteroatoms. The highest BCUT2D eigenvalue weighted by atomic mass is 16.5. The summed E-state index contributed by atoms with van der Waals surface area (Å²) in [5, 5.41) is 8.80. The van der Waals surface area contributed by atoms with E-state index >= 15 is 0 Å². The number of aromatic nitrogens is 2. The highest BCUT2D eigenvalue weighted by Gasteiger charge is 2.15. The van der Waals surface area contributed by atoms with Crippen LogP contribution in [0.5, 0.6) is 5.75 Å². The summed E-state index contributed by atoms with van der Waals surface area (Å²) in [7, 11) is 1.35. The molecule has 88 valence electrons. The number of hydrogen-bond acceptors (Lipinski definition) is 4. The zero-order valence-corrected chi connectivity index (χ0v) is 8.76. The van der Waals surface area contributed by atoms with Crippen LogP contribution in [-0.2, 0) is 0 Å². The van der Waals surface area contributed by atoms with Crippen molar-refractivity contribution in [3.05, 3.63) is 39.0 Å². The van der Waals surface area contributed by atoms with Gasteiger partial charge in [-0.25, -0.2) is 9.59 Å². The van der Waals surface area contributed by atoms with Gasteiger partial charge >= 0.3 is 11.8 Å². The molecule has 17 heavy (non-hydrogen) atoms. The van der Waals surface area contributed by atoms with Crippen molar-refractivity contribution in [2.45, 2.75) is 0 Å². The van der Waals surface area contributed by atoms with E-state index in [1.807, 2.05) is 0 Å². The minimum atomic E-state index is -1.64. The topological polar surface area (TPSA) is 101 Å². The van der Waals surface area contributed by atoms with E-state index in [1.165, 1.54) is 19.2 Å². The maximum absolute atomic E-state index is 11.9. The van der Waals surface area contributed by atoms with Crippen LogP contribution in [0.15, 0.2) is 27.8 Å². The second kappa shape index (κ2) is 3.78. The van der Waals surface area contributed by atoms with Gasteiger partial charge in [-0.3, -0.25) is 4.79 Å². The monoisotopic (exact) mass is 236 g/mol. The molecule has 0 spiro atoms. The van der Waals surface area contributed by atoms with Gasteiger partial charge in [0.25, 0.3) is 5.56 Å². The Morgan fingerprint density at radius 1 is 1.41 bits per heavy atom. The SMILES string of the molecule is COc1cccc2[nH]c(=O)n(C(=O)O)c(=O)c12. The van der Waals surface area contributed by atoms with Gasteiger partial charge in [0, 0.05) is 0 Å². The maximum Gasteiger partial charge on any atom is 0.422 e. The summed E-state index contributed by atoms with van der Waals surface area (Å²) in [6.07, 6.45) is -1.64. The molecular weight excluding hydrogens is 228 g/mol. The molecule has 2 aromatic rings. The van der Waals surface area contributed by atoms with Gasteiger partial charge in [-0.15, -0.1) is 0 Å². The number of benzene rings is 1. The number of nitrogens with one attached hydrogen (secondary N) is 1. The molecule has 0 fully saturated rings. The van der Waals surface area contributed by atoms with Crippen LogP contribution in [0.4, 0.5) is 4.79 Å². The molecule has 1 heterocycles. The van der Waals surface area contributed by atoms with Crippen LogP contribution in [-0.4, -0.2) is 27.9 Å². The van der Waals surface area contributed by atoms with Gasteiger partial charge in [0.05, 0.1) is 12.6 Å². The third-order valence-corrected chi connectivity index (χ3v) is 2.30. The van der Waals surface area contributed by atoms with Crippen molar-refractivity contribution in [3.63, 3.8) is 0 Å². The Bertz CT molecular complexity index is 713. The van der Waals surface area contributed by atoms with Crippen molar-refractivity contribution in [1.29, 1.82) is 0 Å². The minimum absolute atomic E-state index is 0.0250. The Morgan fingerprint density at radius 2 is 2.12 bits per heavy atom. The third kappa shape index (κ3) is 1.57. The van der Waals surface area contributed by atoms with Gasteiger partial charge in [-0.05, 0) is 12.1 Å². The molecule has 0 amide bonds. The Hall–Kier alpha value is -2.57. The molecule has 0 saturated carbocycles. The average Bonchev–Trinajstić information content (AvgIpc) is 2.27. The molecule has 0 saturated heterocycles. The Labute approximate surface area is 93.9 Å². The lowest BCUT2D eigenvalue weighted by Gasteiger charge is -2.05. The summed E-state index contributed by atoms with van der Waals surface area (Å²) >= 11 is 0. The largest absolute Gasteiger partial charge is 0.496 e. The Morgan fingerprint density at radius 3 is 2.71 bits per heavy atom. The van der Waals surface area contributed by atoms with Gasteiger partial charge in [-0.1, -0.05) is 6.07 Å². The molecule has 0 atom stereocenters. The third-order valence-electron chi connectivity index (χ3n) is 2.30. The number of hydrogen-bond donors (Lipinski definition) is 2. The predicted molar refractivity (Wildman–Crippen MR) is 58.8 cm³/mol. The normalized spacial score (nSPS) is 10.4. The number of carboxylic acid groups (broad SMARTS) is 1. The lowest BCUT2D eigenvalue weighted by Crippen LogP contribution is -2.39. The van der Waals surface area contributed by atoms with E-state index < -0.39 is 17.3 Å². The van der Waals surface area contributed by atoms with Crippen molar-refractivity contribution in [3.8, 4) is 5.75 Å². The van der Waals surface area contributed by atoms with Crippen LogP contribution in [0.25, 0.3) is 10.9 Å². The van der Waals surface area contributed by atoms with Crippen LogP contribution in [0.3, 0.4) is 0 Å². The number of rotatable bonds is 1. The molecule has 1 aromatic heterocycles. The molecule has 0 bridgehead atoms. The highest BCUT2D eigenvalue weighted by Crippen LogP contribution is 2.18. The van der Waals surface area contributed by atoms with Crippen molar-refractivity contribution in [2.75, 3.05) is 7.11 Å². The number of methoxy groups -OCH3 is 1. The van der Waals surface area contributed by atoms with E-state index in [-0.39, 0.29) is 21.2 Å². The van der Waals surface area contributed by atoms with E-state index in [4.69, 9.17) is 9.84 Å². The van der Waals surface area contributed by atoms with E-state index in [0.29, 0.717) is 0 Å². The number of aromatic amines is 1. The summed E-state index contributed by atoms with van der Waals surface area (Å²) in [6, 6.07) is 4.59. The zero-order chi connectivity index (χ0) is 12.6. The van der Waals surface area contributed by atoms with Crippen LogP contribution in [0, 0.1) is 0 Å². The summed E-state index contributed by atoms with van der Waals surface area (Å²) in [5.41, 5.74) is -1.69. The molecule has 2 rings (SSSR count). The first-order chi connectivity index (χ1) is 8.06. The molecule has 0 radical (unpaired) electrons. The fourth-order valence-electron chi connectivity index (χ4n) is 1.57. The first-order valence-electron chi connectivity index (χ1n) is 4.61. The number of nitrogens with zero attached hydrogens (tertiary/aromatic N) is 1. The second-order valence-corrected chi connectivity index (χ2v) is 3.24. The van der Waals surface area contributed by atoms with Gasteiger partial charge in [0.15, 0.2) is 0 Å². The molecule has 0 unspecified atom stereocenters. The van der Waals surface area contributed by atoms with E-state index in [2.05, 4.69) is 4.98 Å². The number of fused-ring (bicyclic) bond motifs is 1. The molecule has 0 aliphatic rings. The molecule has 0 aliphatic heterocycles. The smallest absolute Gasteiger partial charge is 0.422 e. The van der Waals surface area contributed by atoms with Crippen molar-refractivity contribution in [1.82, 2.24) is 9.55 Å². The van der Waals surface area contributed by atoms with E-state index in [0.717, 1.165) is 0 Å². The summed E-state index contributed by atoms with van der Waals surface area (Å²) in [5.74, 6) is 0.207. The lowest BCUT2D eigenvalue weighted by atomic mass is 10.2. The van der Waals surface area contributed by atoms with Crippen LogP contribution < -0.4 is 16.0 Å². The lowest BCUT2D eigenvalue weighted by molar-refractivity contribution is 0.194. The van der Waals surface area contributed by atoms with Gasteiger partial charge < -0.3 is 14.8 Å². The number of H-pyrrole nitrogens is 1. The van der Waals surface area contributed by atoms with Gasteiger partial charge in [-0.2, -0.15) is 4.57 Å². The fraction of sp³-hybridized carbons (Fsp3) is 0.100. The van der Waals surface area contributed by atoms with Crippen LogP contribution >= 0.6 is 0 Å². The molecule has 7 nitrogen and oxygen atoms in total. The quantitative estimate of drug-likeness (QED) is 0.737. The molecule has 2 N–H and O–H groups in total. The maximum atomic E-state index is 11.9. The molecular formula is C10H8N2O5. The van der Waals surface area contributed by atoms with Gasteiger partial charge in [0.1, 0.15) is 11.1 Å². The van der Waals surface area contributed by atoms with Crippen LogP contribution in [0.1, 0.15) is 0 Å². The molecule has 0 aliphatic carbocycles. The molecule has 1 aromatic carbocycles. The van der Waals surface area contributed by atoms with Crippen molar-refractivity contribution < 1.29 is 14.6 Å². The number of ether oxygens (including phenoxy) is 1. The summed E-state index contributed by atoms with van der Waals surface area (Å²) in [6.45, 7) is 0. The second-order valence-electron chi connectivity index (χ2n) is 3.24. The van der Waals surface area contributed by atoms with Crippen molar-refractivity contribution >= 4 is 17.0 Å². The Kier molecular flexibility index (Phi) is 2.43. The summed E-state index contributed by atoms with van der Waals surface area (Å²) < 4.78 is 5.06. The van der Waals surface area contributed by atoms with E-state index in [1.54, 1.807) is 6.07 Å². The highest BCUT2D eigenvalue weighted by molar-refractivity contribution is 5.85. The summed E-state index contributed by atoms with van der Waals surface area (Å²) in [4.78, 5) is 36.3. The van der Waals surface area contributed by atoms with E-state index in [9.17, 15) is 14.4 Å². The Balaban J connectivity index is 3.05. The van der Waals surface area contributed by atoms with Gasteiger partial charge in [0.2, 0.25) is 0 Å². The minimum Gasteiger partial charge on any atom is -0.496 e. The first kappa shape index (κ1) is 10.9. The van der Waals surface area contributed by atoms with Crippen LogP contribution in [0.2, 0.25) is 0 Å².